The van der Waals surface area contributed by atoms with Crippen molar-refractivity contribution in [3.05, 3.63) is 34.1 Å². The predicted octanol–water partition coefficient (Wildman–Crippen LogP) is 2.90. The van der Waals surface area contributed by atoms with Crippen molar-refractivity contribution >= 4 is 22.6 Å². The van der Waals surface area contributed by atoms with Gasteiger partial charge in [0, 0.05) is 31.2 Å². The van der Waals surface area contributed by atoms with Gasteiger partial charge in [0.05, 0.1) is 22.6 Å². The number of alkyl halides is 3. The van der Waals surface area contributed by atoms with Crippen molar-refractivity contribution in [1.29, 1.82) is 0 Å². The molecule has 0 spiro atoms. The number of anilines is 1. The molecule has 0 bridgehead atoms. The summed E-state index contributed by atoms with van der Waals surface area (Å²) >= 11 is 0. The van der Waals surface area contributed by atoms with Gasteiger partial charge in [0.15, 0.2) is 5.75 Å². The average molecular weight is 437 g/mol. The Morgan fingerprint density at radius 1 is 1.32 bits per heavy atom. The molecule has 5 rings (SSSR count). The number of benzene rings is 1. The molecule has 7 nitrogen and oxygen atoms in total. The lowest BCUT2D eigenvalue weighted by atomic mass is 9.97. The zero-order valence-electron chi connectivity index (χ0n) is 16.6. The zero-order chi connectivity index (χ0) is 22.1. The highest BCUT2D eigenvalue weighted by atomic mass is 19.3. The molecular weight excluding hydrogens is 415 g/mol. The molecule has 3 fully saturated rings. The number of rotatable bonds is 6. The third-order valence-electron chi connectivity index (χ3n) is 6.77. The number of pyridine rings is 1. The van der Waals surface area contributed by atoms with E-state index in [2.05, 4.69) is 0 Å². The van der Waals surface area contributed by atoms with Gasteiger partial charge in [0.25, 0.3) is 0 Å². The fraction of sp³-hybridized carbons (Fsp3) is 0.524. The number of aromatic carboxylic acids is 1. The van der Waals surface area contributed by atoms with Gasteiger partial charge in [0.1, 0.15) is 11.7 Å². The van der Waals surface area contributed by atoms with Crippen LogP contribution in [0, 0.1) is 5.92 Å². The largest absolute Gasteiger partial charge is 0.477 e. The molecule has 2 aliphatic carbocycles. The van der Waals surface area contributed by atoms with Crippen LogP contribution in [0.1, 0.15) is 42.1 Å². The average Bonchev–Trinajstić information content (AvgIpc) is 3.57. The number of ether oxygens (including phenoxy) is 1. The monoisotopic (exact) mass is 437 g/mol. The summed E-state index contributed by atoms with van der Waals surface area (Å²) in [6.07, 6.45) is 2.56. The summed E-state index contributed by atoms with van der Waals surface area (Å²) in [4.78, 5) is 26.2. The van der Waals surface area contributed by atoms with Crippen LogP contribution in [0.25, 0.3) is 10.9 Å². The first-order chi connectivity index (χ1) is 14.7. The van der Waals surface area contributed by atoms with Crippen molar-refractivity contribution < 1.29 is 27.8 Å². The second kappa shape index (κ2) is 6.88. The molecule has 2 saturated carbocycles. The number of carboxylic acids is 1. The number of nitrogens with two attached hydrogens (primary N) is 1. The van der Waals surface area contributed by atoms with Crippen molar-refractivity contribution in [2.45, 2.75) is 50.0 Å². The number of carboxylic acid groups (broad SMARTS) is 1. The highest BCUT2D eigenvalue weighted by Gasteiger charge is 2.48. The van der Waals surface area contributed by atoms with Crippen LogP contribution >= 0.6 is 0 Å². The van der Waals surface area contributed by atoms with Crippen molar-refractivity contribution in [2.24, 2.45) is 11.7 Å². The van der Waals surface area contributed by atoms with Crippen molar-refractivity contribution in [3.63, 3.8) is 0 Å². The molecule has 2 heterocycles. The summed E-state index contributed by atoms with van der Waals surface area (Å²) in [5.74, 6) is -1.47. The Hall–Kier alpha value is -2.75. The molecule has 3 N–H and O–H groups in total. The van der Waals surface area contributed by atoms with E-state index in [1.165, 1.54) is 16.7 Å². The molecule has 1 saturated heterocycles. The highest BCUT2D eigenvalue weighted by Crippen LogP contribution is 2.48. The third kappa shape index (κ3) is 3.33. The van der Waals surface area contributed by atoms with E-state index in [1.807, 2.05) is 4.90 Å². The topological polar surface area (TPSA) is 97.8 Å². The van der Waals surface area contributed by atoms with Gasteiger partial charge < -0.3 is 25.0 Å². The minimum Gasteiger partial charge on any atom is -0.477 e. The van der Waals surface area contributed by atoms with Crippen molar-refractivity contribution in [2.75, 3.05) is 18.0 Å². The lowest BCUT2D eigenvalue weighted by Crippen LogP contribution is -2.34. The van der Waals surface area contributed by atoms with Gasteiger partial charge in [-0.1, -0.05) is 0 Å². The van der Waals surface area contributed by atoms with Crippen LogP contribution in [0.4, 0.5) is 18.9 Å². The molecular formula is C21H22F3N3O4. The minimum absolute atomic E-state index is 0.00437. The number of hydrogen-bond acceptors (Lipinski definition) is 5. The Morgan fingerprint density at radius 3 is 2.61 bits per heavy atom. The molecule has 0 radical (unpaired) electrons. The van der Waals surface area contributed by atoms with Crippen LogP contribution < -0.4 is 20.8 Å². The standard InChI is InChI=1S/C21H22F3N3O4/c22-13-7-15(13)27-9-12(19(29)30)17(28)11-1-2-14(18(16(11)27)31-20(23)24)26-6-3-10(8-26)21(25)4-5-21/h1-2,9-10,13,15,20H,3-8,25H2,(H,29,30)/t10-,13+,15?/m1/s1. The maximum Gasteiger partial charge on any atom is 0.387 e. The molecule has 166 valence electrons. The molecule has 1 aromatic carbocycles. The van der Waals surface area contributed by atoms with Gasteiger partial charge in [-0.3, -0.25) is 4.79 Å². The molecule has 10 heteroatoms. The summed E-state index contributed by atoms with van der Waals surface area (Å²) in [7, 11) is 0. The molecule has 3 aliphatic rings. The van der Waals surface area contributed by atoms with E-state index in [1.54, 1.807) is 0 Å². The van der Waals surface area contributed by atoms with E-state index < -0.39 is 35.8 Å². The first kappa shape index (κ1) is 20.2. The number of carbonyl (C=O) groups is 1. The van der Waals surface area contributed by atoms with Gasteiger partial charge in [-0.15, -0.1) is 0 Å². The molecule has 1 aromatic heterocycles. The lowest BCUT2D eigenvalue weighted by molar-refractivity contribution is -0.0487. The fourth-order valence-corrected chi connectivity index (χ4v) is 4.72. The third-order valence-corrected chi connectivity index (χ3v) is 6.77. The van der Waals surface area contributed by atoms with E-state index in [4.69, 9.17) is 10.5 Å². The molecule has 0 amide bonds. The Bertz CT molecular complexity index is 1130. The van der Waals surface area contributed by atoms with Gasteiger partial charge >= 0.3 is 12.6 Å². The zero-order valence-corrected chi connectivity index (χ0v) is 16.6. The smallest absolute Gasteiger partial charge is 0.387 e. The Morgan fingerprint density at radius 2 is 2.03 bits per heavy atom. The molecule has 1 unspecified atom stereocenters. The quantitative estimate of drug-likeness (QED) is 0.721. The van der Waals surface area contributed by atoms with Gasteiger partial charge in [-0.05, 0) is 37.3 Å². The second-order valence-electron chi connectivity index (χ2n) is 8.76. The number of halogens is 3. The maximum absolute atomic E-state index is 13.9. The van der Waals surface area contributed by atoms with Gasteiger partial charge in [0.2, 0.25) is 5.43 Å². The van der Waals surface area contributed by atoms with Crippen molar-refractivity contribution in [1.82, 2.24) is 4.57 Å². The first-order valence-electron chi connectivity index (χ1n) is 10.3. The molecule has 3 atom stereocenters. The number of hydrogen-bond donors (Lipinski definition) is 2. The van der Waals surface area contributed by atoms with Crippen molar-refractivity contribution in [3.8, 4) is 5.75 Å². The van der Waals surface area contributed by atoms with E-state index in [0.29, 0.717) is 18.8 Å². The van der Waals surface area contributed by atoms with Crippen LogP contribution in [-0.4, -0.2) is 47.1 Å². The van der Waals surface area contributed by atoms with Gasteiger partial charge in [-0.25, -0.2) is 9.18 Å². The van der Waals surface area contributed by atoms with E-state index in [-0.39, 0.29) is 34.5 Å². The Kier molecular flexibility index (Phi) is 4.47. The van der Waals surface area contributed by atoms with Crippen LogP contribution in [0.5, 0.6) is 5.75 Å². The summed E-state index contributed by atoms with van der Waals surface area (Å²) in [6.45, 7) is -2.02. The summed E-state index contributed by atoms with van der Waals surface area (Å²) < 4.78 is 46.9. The van der Waals surface area contributed by atoms with E-state index in [0.717, 1.165) is 25.5 Å². The van der Waals surface area contributed by atoms with E-state index in [9.17, 15) is 27.9 Å². The minimum atomic E-state index is -3.17. The normalized spacial score (nSPS) is 26.5. The predicted molar refractivity (Wildman–Crippen MR) is 107 cm³/mol. The first-order valence-corrected chi connectivity index (χ1v) is 10.3. The number of aromatic nitrogens is 1. The fourth-order valence-electron chi connectivity index (χ4n) is 4.72. The van der Waals surface area contributed by atoms with Crippen LogP contribution in [0.2, 0.25) is 0 Å². The second-order valence-corrected chi connectivity index (χ2v) is 8.76. The van der Waals surface area contributed by atoms with Gasteiger partial charge in [-0.2, -0.15) is 8.78 Å². The maximum atomic E-state index is 13.9. The molecule has 31 heavy (non-hydrogen) atoms. The van der Waals surface area contributed by atoms with Crippen LogP contribution in [0.15, 0.2) is 23.1 Å². The summed E-state index contributed by atoms with van der Waals surface area (Å²) in [6, 6.07) is 2.17. The van der Waals surface area contributed by atoms with Crippen LogP contribution in [-0.2, 0) is 0 Å². The Labute approximate surface area is 175 Å². The molecule has 1 aliphatic heterocycles. The summed E-state index contributed by atoms with van der Waals surface area (Å²) in [5.41, 5.74) is 5.12. The number of fused-ring (bicyclic) bond motifs is 1. The van der Waals surface area contributed by atoms with Crippen LogP contribution in [0.3, 0.4) is 0 Å². The number of nitrogens with zero attached hydrogens (tertiary/aromatic N) is 2. The SMILES string of the molecule is NC1([C@@H]2CCN(c3ccc4c(=O)c(C(=O)O)cn(C5C[C@@H]5F)c4c3OC(F)F)C2)CC1. The lowest BCUT2D eigenvalue weighted by Gasteiger charge is -2.25. The Balaban J connectivity index is 1.69. The highest BCUT2D eigenvalue weighted by molar-refractivity contribution is 5.97. The summed E-state index contributed by atoms with van der Waals surface area (Å²) in [5, 5.41) is 9.30. The van der Waals surface area contributed by atoms with E-state index >= 15 is 0 Å². The molecule has 2 aromatic rings.